The van der Waals surface area contributed by atoms with Crippen molar-refractivity contribution in [1.29, 1.82) is 0 Å². The number of aromatic nitrogens is 1. The first-order chi connectivity index (χ1) is 8.21. The van der Waals surface area contributed by atoms with Crippen molar-refractivity contribution in [2.24, 2.45) is 5.41 Å². The summed E-state index contributed by atoms with van der Waals surface area (Å²) >= 11 is 3.07. The third-order valence-corrected chi connectivity index (χ3v) is 2.60. The molecule has 0 aliphatic carbocycles. The Balaban J connectivity index is 3.02. The highest BCUT2D eigenvalue weighted by Crippen LogP contribution is 2.33. The van der Waals surface area contributed by atoms with Crippen LogP contribution in [0.4, 0.5) is 14.6 Å². The Hall–Kier alpha value is -1.24. The number of alkyl halides is 2. The highest BCUT2D eigenvalue weighted by atomic mass is 79.9. The number of halogens is 3. The highest BCUT2D eigenvalue weighted by Gasteiger charge is 2.24. The lowest BCUT2D eigenvalue weighted by Gasteiger charge is -2.19. The Kier molecular flexibility index (Phi) is 4.61. The summed E-state index contributed by atoms with van der Waals surface area (Å²) < 4.78 is 29.2. The summed E-state index contributed by atoms with van der Waals surface area (Å²) in [7, 11) is 0. The molecule has 1 aromatic heterocycles. The van der Waals surface area contributed by atoms with E-state index in [1.807, 2.05) is 0 Å². The van der Waals surface area contributed by atoms with Gasteiger partial charge in [0.05, 0.1) is 4.47 Å². The number of hydrogen-bond donors (Lipinski definition) is 1. The van der Waals surface area contributed by atoms with Crippen molar-refractivity contribution in [2.45, 2.75) is 27.4 Å². The highest BCUT2D eigenvalue weighted by molar-refractivity contribution is 9.10. The second-order valence-electron chi connectivity index (χ2n) is 4.55. The van der Waals surface area contributed by atoms with Crippen molar-refractivity contribution in [3.05, 3.63) is 16.7 Å². The van der Waals surface area contributed by atoms with Crippen molar-refractivity contribution in [2.75, 3.05) is 5.32 Å². The van der Waals surface area contributed by atoms with Gasteiger partial charge in [-0.3, -0.25) is 4.79 Å². The van der Waals surface area contributed by atoms with Crippen LogP contribution < -0.4 is 10.1 Å². The van der Waals surface area contributed by atoms with Gasteiger partial charge >= 0.3 is 6.61 Å². The van der Waals surface area contributed by atoms with E-state index in [0.29, 0.717) is 4.47 Å². The van der Waals surface area contributed by atoms with Crippen molar-refractivity contribution < 1.29 is 18.3 Å². The minimum Gasteiger partial charge on any atom is -0.430 e. The van der Waals surface area contributed by atoms with Gasteiger partial charge in [-0.1, -0.05) is 20.8 Å². The van der Waals surface area contributed by atoms with Crippen LogP contribution in [0.5, 0.6) is 5.75 Å². The number of hydrogen-bond acceptors (Lipinski definition) is 3. The molecular weight excluding hydrogens is 310 g/mol. The largest absolute Gasteiger partial charge is 0.430 e. The minimum atomic E-state index is -2.99. The van der Waals surface area contributed by atoms with Crippen LogP contribution in [0.15, 0.2) is 16.7 Å². The zero-order valence-electron chi connectivity index (χ0n) is 10.1. The van der Waals surface area contributed by atoms with Crippen LogP contribution >= 0.6 is 15.9 Å². The van der Waals surface area contributed by atoms with Gasteiger partial charge in [0.1, 0.15) is 0 Å². The van der Waals surface area contributed by atoms with Gasteiger partial charge in [0.15, 0.2) is 11.6 Å². The first-order valence-electron chi connectivity index (χ1n) is 5.12. The van der Waals surface area contributed by atoms with E-state index in [4.69, 9.17) is 0 Å². The van der Waals surface area contributed by atoms with E-state index >= 15 is 0 Å². The van der Waals surface area contributed by atoms with Crippen molar-refractivity contribution in [3.63, 3.8) is 0 Å². The zero-order valence-corrected chi connectivity index (χ0v) is 11.7. The molecule has 0 saturated carbocycles. The number of carbonyl (C=O) groups is 1. The van der Waals surface area contributed by atoms with Crippen LogP contribution in [0.3, 0.4) is 0 Å². The summed E-state index contributed by atoms with van der Waals surface area (Å²) in [6.07, 6.45) is 1.38. The van der Waals surface area contributed by atoms with Crippen molar-refractivity contribution >= 4 is 27.7 Å². The molecular formula is C11H13BrF2N2O2. The number of nitrogens with zero attached hydrogens (tertiary/aromatic N) is 1. The fourth-order valence-corrected chi connectivity index (χ4v) is 1.41. The molecule has 1 N–H and O–H groups in total. The lowest BCUT2D eigenvalue weighted by molar-refractivity contribution is -0.123. The molecule has 0 radical (unpaired) electrons. The van der Waals surface area contributed by atoms with Gasteiger partial charge in [-0.15, -0.1) is 0 Å². The van der Waals surface area contributed by atoms with E-state index in [0.717, 1.165) is 0 Å². The molecule has 0 fully saturated rings. The molecule has 0 aliphatic rings. The van der Waals surface area contributed by atoms with Crippen LogP contribution in [-0.4, -0.2) is 17.5 Å². The van der Waals surface area contributed by atoms with Crippen molar-refractivity contribution in [3.8, 4) is 5.75 Å². The average molecular weight is 323 g/mol. The van der Waals surface area contributed by atoms with E-state index in [2.05, 4.69) is 31.0 Å². The molecule has 0 aromatic carbocycles. The van der Waals surface area contributed by atoms with Crippen LogP contribution in [0, 0.1) is 5.41 Å². The number of pyridine rings is 1. The standard InChI is InChI=1S/C11H13BrF2N2O2/c1-11(2,3)9(17)16-8-7(18-10(13)14)6(12)4-5-15-8/h4-5,10H,1-3H3,(H,15,16,17). The number of amides is 1. The third-order valence-electron chi connectivity index (χ3n) is 1.98. The maximum Gasteiger partial charge on any atom is 0.387 e. The van der Waals surface area contributed by atoms with Gasteiger partial charge in [0, 0.05) is 11.6 Å². The Bertz CT molecular complexity index is 447. The summed E-state index contributed by atoms with van der Waals surface area (Å²) in [5, 5.41) is 2.46. The second-order valence-corrected chi connectivity index (χ2v) is 5.41. The Labute approximate surface area is 112 Å². The maximum atomic E-state index is 12.3. The summed E-state index contributed by atoms with van der Waals surface area (Å²) in [5.41, 5.74) is -0.661. The molecule has 1 rings (SSSR count). The first-order valence-corrected chi connectivity index (χ1v) is 5.92. The quantitative estimate of drug-likeness (QED) is 0.927. The average Bonchev–Trinajstić information content (AvgIpc) is 2.21. The van der Waals surface area contributed by atoms with E-state index in [1.165, 1.54) is 12.3 Å². The number of carbonyl (C=O) groups excluding carboxylic acids is 1. The minimum absolute atomic E-state index is 0.0374. The van der Waals surface area contributed by atoms with Crippen LogP contribution in [-0.2, 0) is 4.79 Å². The van der Waals surface area contributed by atoms with Crippen molar-refractivity contribution in [1.82, 2.24) is 4.98 Å². The fourth-order valence-electron chi connectivity index (χ4n) is 1.01. The van der Waals surface area contributed by atoms with Gasteiger partial charge in [-0.25, -0.2) is 4.98 Å². The third kappa shape index (κ3) is 3.90. The number of ether oxygens (including phenoxy) is 1. The molecule has 0 spiro atoms. The molecule has 1 amide bonds. The second kappa shape index (κ2) is 5.60. The molecule has 1 aromatic rings. The number of nitrogens with one attached hydrogen (secondary N) is 1. The Morgan fingerprint density at radius 2 is 2.11 bits per heavy atom. The molecule has 0 saturated heterocycles. The Morgan fingerprint density at radius 3 is 2.61 bits per heavy atom. The predicted octanol–water partition coefficient (Wildman–Crippen LogP) is 3.43. The smallest absolute Gasteiger partial charge is 0.387 e. The van der Waals surface area contributed by atoms with E-state index in [-0.39, 0.29) is 17.5 Å². The predicted molar refractivity (Wildman–Crippen MR) is 66.7 cm³/mol. The molecule has 1 heterocycles. The van der Waals surface area contributed by atoms with Gasteiger partial charge < -0.3 is 10.1 Å². The van der Waals surface area contributed by atoms with Crippen LogP contribution in [0.25, 0.3) is 0 Å². The van der Waals surface area contributed by atoms with E-state index < -0.39 is 12.0 Å². The monoisotopic (exact) mass is 322 g/mol. The summed E-state index contributed by atoms with van der Waals surface area (Å²) in [4.78, 5) is 15.6. The molecule has 4 nitrogen and oxygen atoms in total. The van der Waals surface area contributed by atoms with E-state index in [1.54, 1.807) is 20.8 Å². The normalized spacial score (nSPS) is 11.5. The topological polar surface area (TPSA) is 51.2 Å². The van der Waals surface area contributed by atoms with Crippen LogP contribution in [0.1, 0.15) is 20.8 Å². The fraction of sp³-hybridized carbons (Fsp3) is 0.455. The van der Waals surface area contributed by atoms with Gasteiger partial charge in [0.25, 0.3) is 0 Å². The first kappa shape index (κ1) is 14.8. The molecule has 0 bridgehead atoms. The molecule has 0 unspecified atom stereocenters. The van der Waals surface area contributed by atoms with Crippen LogP contribution in [0.2, 0.25) is 0 Å². The summed E-state index contributed by atoms with van der Waals surface area (Å²) in [6.45, 7) is 2.12. The molecule has 0 atom stereocenters. The number of anilines is 1. The molecule has 0 aliphatic heterocycles. The molecule has 7 heteroatoms. The number of rotatable bonds is 3. The Morgan fingerprint density at radius 1 is 1.50 bits per heavy atom. The lowest BCUT2D eigenvalue weighted by Crippen LogP contribution is -2.28. The van der Waals surface area contributed by atoms with E-state index in [9.17, 15) is 13.6 Å². The summed E-state index contributed by atoms with van der Waals surface area (Å²) in [6, 6.07) is 1.45. The summed E-state index contributed by atoms with van der Waals surface area (Å²) in [5.74, 6) is -0.568. The van der Waals surface area contributed by atoms with Gasteiger partial charge in [-0.2, -0.15) is 8.78 Å². The maximum absolute atomic E-state index is 12.3. The van der Waals surface area contributed by atoms with Gasteiger partial charge in [0.2, 0.25) is 5.91 Å². The van der Waals surface area contributed by atoms with Gasteiger partial charge in [-0.05, 0) is 22.0 Å². The molecule has 100 valence electrons. The zero-order chi connectivity index (χ0) is 13.9. The SMILES string of the molecule is CC(C)(C)C(=O)Nc1nccc(Br)c1OC(F)F. The molecule has 18 heavy (non-hydrogen) atoms. The lowest BCUT2D eigenvalue weighted by atomic mass is 9.96.